The normalized spacial score (nSPS) is 25.5. The predicted molar refractivity (Wildman–Crippen MR) is 190 cm³/mol. The molecule has 0 amide bonds. The first-order valence-electron chi connectivity index (χ1n) is 17.3. The number of ether oxygens (including phenoxy) is 4. The van der Waals surface area contributed by atoms with Gasteiger partial charge in [0, 0.05) is 40.2 Å². The molecule has 4 aliphatic rings. The van der Waals surface area contributed by atoms with Crippen molar-refractivity contribution in [3.8, 4) is 45.6 Å². The summed E-state index contributed by atoms with van der Waals surface area (Å²) in [4.78, 5) is 0. The van der Waals surface area contributed by atoms with E-state index in [1.807, 2.05) is 29.0 Å². The second-order valence-corrected chi connectivity index (χ2v) is 16.3. The number of fused-ring (bicyclic) bond motifs is 4. The Kier molecular flexibility index (Phi) is 10.2. The quantitative estimate of drug-likeness (QED) is 0.182. The third-order valence-corrected chi connectivity index (χ3v) is 13.0. The van der Waals surface area contributed by atoms with Gasteiger partial charge in [-0.25, -0.2) is 0 Å². The minimum absolute atomic E-state index is 0.0239. The van der Waals surface area contributed by atoms with Crippen LogP contribution in [0.15, 0.2) is 36.4 Å². The molecule has 0 unspecified atom stereocenters. The lowest BCUT2D eigenvalue weighted by Gasteiger charge is -2.41. The van der Waals surface area contributed by atoms with Crippen LogP contribution in [0.2, 0.25) is 0 Å². The van der Waals surface area contributed by atoms with Crippen molar-refractivity contribution in [3.63, 3.8) is 0 Å². The molecule has 48 heavy (non-hydrogen) atoms. The Morgan fingerprint density at radius 1 is 0.938 bits per heavy atom. The summed E-state index contributed by atoms with van der Waals surface area (Å²) >= 11 is 0. The maximum atomic E-state index is 12.3. The lowest BCUT2D eigenvalue weighted by atomic mass is 9.71. The minimum atomic E-state index is -0.892. The van der Waals surface area contributed by atoms with Gasteiger partial charge in [0.2, 0.25) is 5.75 Å². The van der Waals surface area contributed by atoms with E-state index in [9.17, 15) is 20.4 Å². The largest absolute Gasteiger partial charge is 0.508 e. The third kappa shape index (κ3) is 6.53. The van der Waals surface area contributed by atoms with Crippen LogP contribution in [0.4, 0.5) is 0 Å². The average Bonchev–Trinajstić information content (AvgIpc) is 3.60. The van der Waals surface area contributed by atoms with Gasteiger partial charge in [-0.05, 0) is 97.7 Å². The Morgan fingerprint density at radius 2 is 1.75 bits per heavy atom. The van der Waals surface area contributed by atoms with Crippen molar-refractivity contribution in [2.24, 2.45) is 5.92 Å². The van der Waals surface area contributed by atoms with Gasteiger partial charge < -0.3 is 39.4 Å². The highest BCUT2D eigenvalue weighted by atomic mass is 33.1. The monoisotopic (exact) mass is 694 g/mol. The first-order valence-corrected chi connectivity index (χ1v) is 19.8. The van der Waals surface area contributed by atoms with Crippen molar-refractivity contribution in [1.82, 2.24) is 0 Å². The standard InChI is InChI=1S/C38H46O8S2/c1-21-7-8-22-15-28-34(26-10-9-24(40)18-27(22)26)30(44-13-12-39)19-31-35(28)29(20-48-47-14-11-21)36(41)38(46-31)23-16-32(43-2)37(42)33(17-23)45-25-5-3-4-6-25/h9-10,16-19,21-22,25,29,36,38-42H,3-8,11-15,20H2,1-2H3/t21-,22-,29+,36-,38+/m1/s1. The molecule has 2 aliphatic heterocycles. The fraction of sp³-hybridized carbons (Fsp3) is 0.526. The number of hydrogen-bond donors (Lipinski definition) is 4. The van der Waals surface area contributed by atoms with E-state index in [2.05, 4.69) is 6.92 Å². The van der Waals surface area contributed by atoms with Crippen LogP contribution in [0.25, 0.3) is 11.1 Å². The lowest BCUT2D eigenvalue weighted by molar-refractivity contribution is 0.00407. The summed E-state index contributed by atoms with van der Waals surface area (Å²) in [5.74, 6) is 4.31. The molecule has 258 valence electrons. The molecule has 7 rings (SSSR count). The topological polar surface area (TPSA) is 118 Å². The van der Waals surface area contributed by atoms with E-state index < -0.39 is 12.2 Å². The van der Waals surface area contributed by atoms with Crippen molar-refractivity contribution < 1.29 is 39.4 Å². The van der Waals surface area contributed by atoms with Gasteiger partial charge in [0.15, 0.2) is 17.6 Å². The zero-order valence-electron chi connectivity index (χ0n) is 27.7. The smallest absolute Gasteiger partial charge is 0.200 e. The summed E-state index contributed by atoms with van der Waals surface area (Å²) in [5.41, 5.74) is 5.86. The van der Waals surface area contributed by atoms with Crippen molar-refractivity contribution in [2.75, 3.05) is 31.8 Å². The number of aliphatic hydroxyl groups is 2. The molecule has 3 aromatic carbocycles. The molecule has 5 atom stereocenters. The second-order valence-electron chi connectivity index (χ2n) is 13.7. The summed E-state index contributed by atoms with van der Waals surface area (Å²) < 4.78 is 24.9. The molecule has 0 aromatic heterocycles. The van der Waals surface area contributed by atoms with Crippen molar-refractivity contribution in [3.05, 3.63) is 58.7 Å². The van der Waals surface area contributed by atoms with E-state index in [1.165, 1.54) is 7.11 Å². The summed E-state index contributed by atoms with van der Waals surface area (Å²) in [6.07, 6.45) is 6.36. The van der Waals surface area contributed by atoms with E-state index in [0.717, 1.165) is 84.9 Å². The number of aliphatic hydroxyl groups excluding tert-OH is 2. The summed E-state index contributed by atoms with van der Waals surface area (Å²) in [5, 5.41) is 43.7. The molecule has 0 saturated heterocycles. The molecule has 3 aromatic rings. The van der Waals surface area contributed by atoms with Gasteiger partial charge in [-0.2, -0.15) is 0 Å². The van der Waals surface area contributed by atoms with Gasteiger partial charge >= 0.3 is 0 Å². The first-order chi connectivity index (χ1) is 23.4. The number of rotatable bonds is 7. The zero-order valence-corrected chi connectivity index (χ0v) is 29.3. The van der Waals surface area contributed by atoms with Crippen LogP contribution >= 0.6 is 21.6 Å². The molecule has 1 saturated carbocycles. The van der Waals surface area contributed by atoms with Crippen LogP contribution < -0.4 is 18.9 Å². The number of phenols is 2. The lowest BCUT2D eigenvalue weighted by Crippen LogP contribution is -2.37. The third-order valence-electron chi connectivity index (χ3n) is 10.5. The van der Waals surface area contributed by atoms with Crippen molar-refractivity contribution >= 4 is 21.6 Å². The highest BCUT2D eigenvalue weighted by Gasteiger charge is 2.43. The van der Waals surface area contributed by atoms with E-state index in [4.69, 9.17) is 18.9 Å². The molecule has 10 heteroatoms. The number of aromatic hydroxyl groups is 2. The zero-order chi connectivity index (χ0) is 33.4. The summed E-state index contributed by atoms with van der Waals surface area (Å²) in [6, 6.07) is 11.0. The number of hydrogen-bond acceptors (Lipinski definition) is 10. The number of methoxy groups -OCH3 is 1. The number of phenolic OH excluding ortho intramolecular Hbond substituents is 2. The van der Waals surface area contributed by atoms with Crippen LogP contribution in [0.1, 0.15) is 92.1 Å². The predicted octanol–water partition coefficient (Wildman–Crippen LogP) is 7.89. The Morgan fingerprint density at radius 3 is 2.54 bits per heavy atom. The van der Waals surface area contributed by atoms with Crippen molar-refractivity contribution in [2.45, 2.75) is 88.4 Å². The van der Waals surface area contributed by atoms with Crippen LogP contribution in [0, 0.1) is 5.92 Å². The maximum Gasteiger partial charge on any atom is 0.200 e. The molecule has 2 bridgehead atoms. The maximum absolute atomic E-state index is 12.3. The molecule has 1 fully saturated rings. The molecule has 0 spiro atoms. The molecule has 2 heterocycles. The van der Waals surface area contributed by atoms with E-state index in [0.29, 0.717) is 34.5 Å². The Labute approximate surface area is 290 Å². The van der Waals surface area contributed by atoms with E-state index in [1.54, 1.807) is 29.0 Å². The molecular weight excluding hydrogens is 649 g/mol. The second kappa shape index (κ2) is 14.5. The van der Waals surface area contributed by atoms with Gasteiger partial charge in [-0.1, -0.05) is 41.0 Å². The molecule has 0 radical (unpaired) electrons. The molecule has 4 N–H and O–H groups in total. The minimum Gasteiger partial charge on any atom is -0.508 e. The molecule has 8 nitrogen and oxygen atoms in total. The van der Waals surface area contributed by atoms with Gasteiger partial charge in [0.25, 0.3) is 0 Å². The first kappa shape index (κ1) is 33.6. The Balaban J connectivity index is 1.38. The van der Waals surface area contributed by atoms with Crippen molar-refractivity contribution in [1.29, 1.82) is 0 Å². The summed E-state index contributed by atoms with van der Waals surface area (Å²) in [6.45, 7) is 2.31. The van der Waals surface area contributed by atoms with Crippen LogP contribution in [0.5, 0.6) is 34.5 Å². The van der Waals surface area contributed by atoms with Gasteiger partial charge in [0.05, 0.1) is 19.8 Å². The summed E-state index contributed by atoms with van der Waals surface area (Å²) in [7, 11) is 5.17. The number of benzene rings is 3. The van der Waals surface area contributed by atoms with Crippen LogP contribution in [-0.4, -0.2) is 64.5 Å². The average molecular weight is 695 g/mol. The van der Waals surface area contributed by atoms with E-state index >= 15 is 0 Å². The van der Waals surface area contributed by atoms with Gasteiger partial charge in [-0.3, -0.25) is 0 Å². The fourth-order valence-corrected chi connectivity index (χ4v) is 10.6. The van der Waals surface area contributed by atoms with Gasteiger partial charge in [-0.15, -0.1) is 0 Å². The molecule has 2 aliphatic carbocycles. The van der Waals surface area contributed by atoms with Crippen LogP contribution in [0.3, 0.4) is 0 Å². The fourth-order valence-electron chi connectivity index (χ4n) is 8.00. The highest BCUT2D eigenvalue weighted by molar-refractivity contribution is 8.76. The Bertz CT molecular complexity index is 1620. The van der Waals surface area contributed by atoms with E-state index in [-0.39, 0.29) is 48.4 Å². The Hall–Kier alpha value is -2.92. The SMILES string of the molecule is COc1cc([C@@H]2Oc3cc(OCCO)c4c5c3[C@H](CSSCC[C@H](C)CC[C@H](C5)c3cc(O)ccc3-4)[C@H]2O)cc(OC2CCCC2)c1O. The van der Waals surface area contributed by atoms with Gasteiger partial charge in [0.1, 0.15) is 30.0 Å². The molecular formula is C38H46O8S2. The highest BCUT2D eigenvalue weighted by Crippen LogP contribution is 2.56. The van der Waals surface area contributed by atoms with Crippen LogP contribution in [-0.2, 0) is 6.42 Å².